The van der Waals surface area contributed by atoms with Crippen LogP contribution in [0.5, 0.6) is 5.75 Å². The van der Waals surface area contributed by atoms with Gasteiger partial charge in [0.05, 0.1) is 5.69 Å². The van der Waals surface area contributed by atoms with E-state index in [0.717, 1.165) is 0 Å². The Morgan fingerprint density at radius 3 is 2.86 bits per heavy atom. The molecule has 0 saturated carbocycles. The number of nitrogens with zero attached hydrogens (tertiary/aromatic N) is 1. The minimum absolute atomic E-state index is 0.0759. The average Bonchev–Trinajstić information content (AvgIpc) is 2.87. The summed E-state index contributed by atoms with van der Waals surface area (Å²) in [7, 11) is 0. The maximum Gasteiger partial charge on any atom is 0.387 e. The van der Waals surface area contributed by atoms with E-state index in [0.29, 0.717) is 10.8 Å². The second-order valence-electron chi connectivity index (χ2n) is 4.23. The smallest absolute Gasteiger partial charge is 0.387 e. The predicted octanol–water partition coefficient (Wildman–Crippen LogP) is 3.02. The van der Waals surface area contributed by atoms with Crippen molar-refractivity contribution >= 4 is 22.4 Å². The third-order valence-electron chi connectivity index (χ3n) is 2.53. The lowest BCUT2D eigenvalue weighted by atomic mass is 10.2. The SMILES string of the molecule is CC(N)c1csc(NC(=O)c2cccc(OC(F)F)c2)n1. The number of ether oxygens (including phenoxy) is 1. The fourth-order valence-electron chi connectivity index (χ4n) is 1.54. The Morgan fingerprint density at radius 1 is 1.48 bits per heavy atom. The first-order valence-electron chi connectivity index (χ1n) is 6.03. The van der Waals surface area contributed by atoms with Crippen LogP contribution >= 0.6 is 11.3 Å². The molecule has 1 aromatic carbocycles. The standard InChI is InChI=1S/C13H13F2N3O2S/c1-7(16)10-6-21-13(17-10)18-11(19)8-3-2-4-9(5-8)20-12(14)15/h2-7,12H,16H2,1H3,(H,17,18,19). The molecule has 112 valence electrons. The minimum atomic E-state index is -2.93. The van der Waals surface area contributed by atoms with Crippen LogP contribution in [0.2, 0.25) is 0 Å². The number of nitrogens with two attached hydrogens (primary N) is 1. The molecule has 1 atom stereocenters. The first kappa shape index (κ1) is 15.3. The van der Waals surface area contributed by atoms with Gasteiger partial charge in [0.25, 0.3) is 5.91 Å². The maximum absolute atomic E-state index is 12.1. The van der Waals surface area contributed by atoms with Crippen LogP contribution in [0, 0.1) is 0 Å². The van der Waals surface area contributed by atoms with Crippen LogP contribution in [0.3, 0.4) is 0 Å². The van der Waals surface area contributed by atoms with Crippen molar-refractivity contribution in [1.82, 2.24) is 4.98 Å². The molecule has 0 bridgehead atoms. The van der Waals surface area contributed by atoms with Crippen molar-refractivity contribution < 1.29 is 18.3 Å². The van der Waals surface area contributed by atoms with Crippen LogP contribution in [-0.4, -0.2) is 17.5 Å². The molecule has 0 saturated heterocycles. The van der Waals surface area contributed by atoms with Gasteiger partial charge in [0.2, 0.25) is 0 Å². The summed E-state index contributed by atoms with van der Waals surface area (Å²) in [6, 6.07) is 5.31. The van der Waals surface area contributed by atoms with Crippen LogP contribution in [-0.2, 0) is 0 Å². The van der Waals surface area contributed by atoms with Gasteiger partial charge >= 0.3 is 6.61 Å². The lowest BCUT2D eigenvalue weighted by Crippen LogP contribution is -2.13. The highest BCUT2D eigenvalue weighted by molar-refractivity contribution is 7.14. The number of carbonyl (C=O) groups excluding carboxylic acids is 1. The third kappa shape index (κ3) is 4.20. The third-order valence-corrected chi connectivity index (χ3v) is 3.31. The second kappa shape index (κ2) is 6.59. The van der Waals surface area contributed by atoms with Crippen LogP contribution in [0.25, 0.3) is 0 Å². The lowest BCUT2D eigenvalue weighted by Gasteiger charge is -2.06. The Bertz CT molecular complexity index is 631. The number of carbonyl (C=O) groups is 1. The summed E-state index contributed by atoms with van der Waals surface area (Å²) in [5, 5.41) is 4.73. The highest BCUT2D eigenvalue weighted by Crippen LogP contribution is 2.21. The van der Waals surface area contributed by atoms with Gasteiger partial charge in [-0.2, -0.15) is 8.78 Å². The molecular formula is C13H13F2N3O2S. The maximum atomic E-state index is 12.1. The Kier molecular flexibility index (Phi) is 4.81. The van der Waals surface area contributed by atoms with Gasteiger partial charge in [-0.15, -0.1) is 11.3 Å². The number of hydrogen-bond donors (Lipinski definition) is 2. The molecule has 0 aliphatic rings. The molecule has 8 heteroatoms. The zero-order valence-electron chi connectivity index (χ0n) is 11.0. The van der Waals surface area contributed by atoms with E-state index in [1.54, 1.807) is 12.3 Å². The summed E-state index contributed by atoms with van der Waals surface area (Å²) < 4.78 is 28.5. The van der Waals surface area contributed by atoms with Crippen LogP contribution < -0.4 is 15.8 Å². The number of rotatable bonds is 5. The molecule has 1 unspecified atom stereocenters. The molecule has 0 aliphatic carbocycles. The zero-order chi connectivity index (χ0) is 15.4. The van der Waals surface area contributed by atoms with Gasteiger partial charge in [0.15, 0.2) is 5.13 Å². The summed E-state index contributed by atoms with van der Waals surface area (Å²) in [6.45, 7) is -1.15. The molecule has 3 N–H and O–H groups in total. The highest BCUT2D eigenvalue weighted by Gasteiger charge is 2.12. The summed E-state index contributed by atoms with van der Waals surface area (Å²) in [4.78, 5) is 16.2. The molecule has 1 heterocycles. The summed E-state index contributed by atoms with van der Waals surface area (Å²) in [5.74, 6) is -0.534. The van der Waals surface area contributed by atoms with Gasteiger partial charge in [0, 0.05) is 17.0 Å². The van der Waals surface area contributed by atoms with Crippen LogP contribution in [0.15, 0.2) is 29.6 Å². The number of aromatic nitrogens is 1. The molecule has 0 fully saturated rings. The van der Waals surface area contributed by atoms with Gasteiger partial charge in [-0.05, 0) is 25.1 Å². The number of halogens is 2. The normalized spacial score (nSPS) is 12.2. The highest BCUT2D eigenvalue weighted by atomic mass is 32.1. The molecule has 0 radical (unpaired) electrons. The molecule has 2 rings (SSSR count). The lowest BCUT2D eigenvalue weighted by molar-refractivity contribution is -0.0498. The molecule has 1 amide bonds. The number of anilines is 1. The first-order valence-corrected chi connectivity index (χ1v) is 6.91. The molecule has 5 nitrogen and oxygen atoms in total. The number of alkyl halides is 2. The van der Waals surface area contributed by atoms with Crippen molar-refractivity contribution in [1.29, 1.82) is 0 Å². The monoisotopic (exact) mass is 313 g/mol. The molecule has 21 heavy (non-hydrogen) atoms. The summed E-state index contributed by atoms with van der Waals surface area (Å²) >= 11 is 1.24. The topological polar surface area (TPSA) is 77.2 Å². The van der Waals surface area contributed by atoms with Gasteiger partial charge in [-0.3, -0.25) is 10.1 Å². The number of thiazole rings is 1. The molecule has 2 aromatic rings. The quantitative estimate of drug-likeness (QED) is 0.889. The van der Waals surface area contributed by atoms with Gasteiger partial charge in [-0.25, -0.2) is 4.98 Å². The Morgan fingerprint density at radius 2 is 2.24 bits per heavy atom. The number of hydrogen-bond acceptors (Lipinski definition) is 5. The first-order chi connectivity index (χ1) is 9.95. The van der Waals surface area contributed by atoms with Crippen LogP contribution in [0.4, 0.5) is 13.9 Å². The fraction of sp³-hybridized carbons (Fsp3) is 0.231. The molecular weight excluding hydrogens is 300 g/mol. The summed E-state index contributed by atoms with van der Waals surface area (Å²) in [6.07, 6.45) is 0. The second-order valence-corrected chi connectivity index (χ2v) is 5.08. The average molecular weight is 313 g/mol. The van der Waals surface area contributed by atoms with Crippen molar-refractivity contribution in [2.75, 3.05) is 5.32 Å². The van der Waals surface area contributed by atoms with E-state index >= 15 is 0 Å². The van der Waals surface area contributed by atoms with E-state index in [1.807, 2.05) is 0 Å². The van der Waals surface area contributed by atoms with Crippen molar-refractivity contribution in [2.45, 2.75) is 19.6 Å². The number of amides is 1. The predicted molar refractivity (Wildman–Crippen MR) is 75.7 cm³/mol. The van der Waals surface area contributed by atoms with E-state index in [-0.39, 0.29) is 17.4 Å². The van der Waals surface area contributed by atoms with E-state index in [2.05, 4.69) is 15.0 Å². The molecule has 0 aliphatic heterocycles. The minimum Gasteiger partial charge on any atom is -0.435 e. The fourth-order valence-corrected chi connectivity index (χ4v) is 2.34. The Hall–Kier alpha value is -2.06. The van der Waals surface area contributed by atoms with Crippen LogP contribution in [0.1, 0.15) is 29.0 Å². The summed E-state index contributed by atoms with van der Waals surface area (Å²) in [5.41, 5.74) is 6.55. The van der Waals surface area contributed by atoms with Crippen molar-refractivity contribution in [3.63, 3.8) is 0 Å². The molecule has 1 aromatic heterocycles. The van der Waals surface area contributed by atoms with E-state index in [9.17, 15) is 13.6 Å². The van der Waals surface area contributed by atoms with Crippen molar-refractivity contribution in [3.8, 4) is 5.75 Å². The van der Waals surface area contributed by atoms with E-state index in [4.69, 9.17) is 5.73 Å². The van der Waals surface area contributed by atoms with E-state index in [1.165, 1.54) is 35.6 Å². The Labute approximate surface area is 123 Å². The Balaban J connectivity index is 2.08. The van der Waals surface area contributed by atoms with Gasteiger partial charge < -0.3 is 10.5 Å². The zero-order valence-corrected chi connectivity index (χ0v) is 11.9. The van der Waals surface area contributed by atoms with Crippen molar-refractivity contribution in [2.24, 2.45) is 5.73 Å². The largest absolute Gasteiger partial charge is 0.435 e. The number of nitrogens with one attached hydrogen (secondary N) is 1. The van der Waals surface area contributed by atoms with Crippen molar-refractivity contribution in [3.05, 3.63) is 40.9 Å². The van der Waals surface area contributed by atoms with E-state index < -0.39 is 12.5 Å². The van der Waals surface area contributed by atoms with Gasteiger partial charge in [-0.1, -0.05) is 6.07 Å². The molecule has 0 spiro atoms. The number of benzene rings is 1. The van der Waals surface area contributed by atoms with Gasteiger partial charge in [0.1, 0.15) is 5.75 Å².